The highest BCUT2D eigenvalue weighted by Crippen LogP contribution is 2.34. The highest BCUT2D eigenvalue weighted by atomic mass is 16.1. The zero-order chi connectivity index (χ0) is 8.81. The van der Waals surface area contributed by atoms with E-state index in [0.717, 1.165) is 19.1 Å². The molecule has 0 N–H and O–H groups in total. The van der Waals surface area contributed by atoms with Crippen LogP contribution in [0.3, 0.4) is 0 Å². The largest absolute Gasteiger partial charge is 0.303 e. The maximum Gasteiger partial charge on any atom is 0.120 e. The summed E-state index contributed by atoms with van der Waals surface area (Å²) in [6, 6.07) is 0. The lowest BCUT2D eigenvalue weighted by atomic mass is 9.93. The zero-order valence-electron chi connectivity index (χ0n) is 7.83. The maximum atomic E-state index is 10.4. The Labute approximate surface area is 74.9 Å². The number of hydrogen-bond donors (Lipinski definition) is 0. The molecular formula is C11H18O. The second-order valence-corrected chi connectivity index (χ2v) is 3.59. The summed E-state index contributed by atoms with van der Waals surface area (Å²) in [7, 11) is 0. The Kier molecular flexibility index (Phi) is 4.06. The summed E-state index contributed by atoms with van der Waals surface area (Å²) in [5.74, 6) is 1.33. The van der Waals surface area contributed by atoms with Gasteiger partial charge in [0.1, 0.15) is 6.29 Å². The molecule has 1 nitrogen and oxygen atoms in total. The molecule has 2 unspecified atom stereocenters. The molecule has 0 saturated heterocycles. The third kappa shape index (κ3) is 2.47. The van der Waals surface area contributed by atoms with E-state index >= 15 is 0 Å². The summed E-state index contributed by atoms with van der Waals surface area (Å²) in [4.78, 5) is 10.4. The predicted molar refractivity (Wildman–Crippen MR) is 50.9 cm³/mol. The van der Waals surface area contributed by atoms with Gasteiger partial charge in [0.05, 0.1) is 0 Å². The van der Waals surface area contributed by atoms with Crippen molar-refractivity contribution in [2.24, 2.45) is 11.8 Å². The molecule has 1 heteroatoms. The van der Waals surface area contributed by atoms with Gasteiger partial charge in [-0.05, 0) is 31.1 Å². The first kappa shape index (κ1) is 9.50. The molecule has 0 aromatic carbocycles. The van der Waals surface area contributed by atoms with Gasteiger partial charge >= 0.3 is 0 Å². The van der Waals surface area contributed by atoms with Crippen molar-refractivity contribution < 1.29 is 4.79 Å². The molecule has 0 amide bonds. The summed E-state index contributed by atoms with van der Waals surface area (Å²) in [5.41, 5.74) is 0. The minimum absolute atomic E-state index is 0.644. The average molecular weight is 166 g/mol. The fourth-order valence-corrected chi connectivity index (χ4v) is 2.05. The molecule has 68 valence electrons. The SMILES string of the molecule is CCC=CC1CCCC1CC=O. The lowest BCUT2D eigenvalue weighted by molar-refractivity contribution is -0.108. The first-order valence-corrected chi connectivity index (χ1v) is 4.98. The molecule has 0 aromatic rings. The monoisotopic (exact) mass is 166 g/mol. The number of aldehydes is 1. The summed E-state index contributed by atoms with van der Waals surface area (Å²) >= 11 is 0. The molecule has 0 aromatic heterocycles. The van der Waals surface area contributed by atoms with Crippen molar-refractivity contribution in [1.29, 1.82) is 0 Å². The van der Waals surface area contributed by atoms with Crippen LogP contribution in [0, 0.1) is 11.8 Å². The van der Waals surface area contributed by atoms with Crippen molar-refractivity contribution in [3.05, 3.63) is 12.2 Å². The van der Waals surface area contributed by atoms with Gasteiger partial charge in [-0.3, -0.25) is 0 Å². The first-order valence-electron chi connectivity index (χ1n) is 4.98. The number of rotatable bonds is 4. The topological polar surface area (TPSA) is 17.1 Å². The summed E-state index contributed by atoms with van der Waals surface area (Å²) in [6.07, 6.45) is 11.3. The second-order valence-electron chi connectivity index (χ2n) is 3.59. The van der Waals surface area contributed by atoms with Crippen LogP contribution < -0.4 is 0 Å². The molecule has 0 radical (unpaired) electrons. The minimum Gasteiger partial charge on any atom is -0.303 e. The van der Waals surface area contributed by atoms with Crippen LogP contribution in [0.1, 0.15) is 39.0 Å². The van der Waals surface area contributed by atoms with Gasteiger partial charge in [-0.1, -0.05) is 25.5 Å². The van der Waals surface area contributed by atoms with Crippen molar-refractivity contribution in [1.82, 2.24) is 0 Å². The summed E-state index contributed by atoms with van der Waals surface area (Å²) in [6.45, 7) is 2.15. The molecule has 1 aliphatic carbocycles. The Morgan fingerprint density at radius 2 is 2.25 bits per heavy atom. The molecule has 0 heterocycles. The highest BCUT2D eigenvalue weighted by molar-refractivity contribution is 5.50. The van der Waals surface area contributed by atoms with Crippen molar-refractivity contribution >= 4 is 6.29 Å². The van der Waals surface area contributed by atoms with E-state index in [1.54, 1.807) is 0 Å². The Morgan fingerprint density at radius 1 is 1.42 bits per heavy atom. The first-order chi connectivity index (χ1) is 5.88. The lowest BCUT2D eigenvalue weighted by Gasteiger charge is -2.12. The minimum atomic E-state index is 0.644. The summed E-state index contributed by atoms with van der Waals surface area (Å²) < 4.78 is 0. The fourth-order valence-electron chi connectivity index (χ4n) is 2.05. The van der Waals surface area contributed by atoms with Crippen LogP contribution in [0.25, 0.3) is 0 Å². The van der Waals surface area contributed by atoms with Crippen molar-refractivity contribution in [2.45, 2.75) is 39.0 Å². The number of carbonyl (C=O) groups excluding carboxylic acids is 1. The molecular weight excluding hydrogens is 148 g/mol. The van der Waals surface area contributed by atoms with Gasteiger partial charge in [0.15, 0.2) is 0 Å². The molecule has 12 heavy (non-hydrogen) atoms. The smallest absolute Gasteiger partial charge is 0.120 e. The standard InChI is InChI=1S/C11H18O/c1-2-3-5-10-6-4-7-11(10)8-9-12/h3,5,9-11H,2,4,6-8H2,1H3. The zero-order valence-corrected chi connectivity index (χ0v) is 7.83. The third-order valence-electron chi connectivity index (χ3n) is 2.74. The Balaban J connectivity index is 2.40. The van der Waals surface area contributed by atoms with Gasteiger partial charge in [0.25, 0.3) is 0 Å². The molecule has 1 aliphatic rings. The van der Waals surface area contributed by atoms with E-state index in [1.165, 1.54) is 19.3 Å². The van der Waals surface area contributed by atoms with Gasteiger partial charge in [0.2, 0.25) is 0 Å². The van der Waals surface area contributed by atoms with E-state index in [1.807, 2.05) is 0 Å². The second kappa shape index (κ2) is 5.13. The van der Waals surface area contributed by atoms with Crippen molar-refractivity contribution in [3.63, 3.8) is 0 Å². The normalized spacial score (nSPS) is 29.8. The van der Waals surface area contributed by atoms with E-state index in [4.69, 9.17) is 0 Å². The number of carbonyl (C=O) groups is 1. The number of hydrogen-bond acceptors (Lipinski definition) is 1. The van der Waals surface area contributed by atoms with Crippen molar-refractivity contribution in [3.8, 4) is 0 Å². The van der Waals surface area contributed by atoms with E-state index in [0.29, 0.717) is 11.8 Å². The van der Waals surface area contributed by atoms with Crippen LogP contribution >= 0.6 is 0 Å². The van der Waals surface area contributed by atoms with E-state index in [-0.39, 0.29) is 0 Å². The third-order valence-corrected chi connectivity index (χ3v) is 2.74. The van der Waals surface area contributed by atoms with Gasteiger partial charge in [-0.2, -0.15) is 0 Å². The van der Waals surface area contributed by atoms with E-state index < -0.39 is 0 Å². The van der Waals surface area contributed by atoms with Crippen LogP contribution in [-0.4, -0.2) is 6.29 Å². The number of allylic oxidation sites excluding steroid dienone is 2. The Morgan fingerprint density at radius 3 is 2.92 bits per heavy atom. The molecule has 1 rings (SSSR count). The van der Waals surface area contributed by atoms with Gasteiger partial charge in [-0.25, -0.2) is 0 Å². The fraction of sp³-hybridized carbons (Fsp3) is 0.727. The van der Waals surface area contributed by atoms with Crippen LogP contribution in [0.15, 0.2) is 12.2 Å². The molecule has 1 saturated carbocycles. The van der Waals surface area contributed by atoms with Gasteiger partial charge in [-0.15, -0.1) is 0 Å². The van der Waals surface area contributed by atoms with Gasteiger partial charge < -0.3 is 4.79 Å². The van der Waals surface area contributed by atoms with Crippen LogP contribution in [0.2, 0.25) is 0 Å². The quantitative estimate of drug-likeness (QED) is 0.463. The molecule has 1 fully saturated rings. The van der Waals surface area contributed by atoms with Gasteiger partial charge in [0, 0.05) is 6.42 Å². The molecule has 0 aliphatic heterocycles. The molecule has 0 spiro atoms. The highest BCUT2D eigenvalue weighted by Gasteiger charge is 2.23. The van der Waals surface area contributed by atoms with Crippen LogP contribution in [0.4, 0.5) is 0 Å². The molecule has 0 bridgehead atoms. The van der Waals surface area contributed by atoms with Crippen LogP contribution in [0.5, 0.6) is 0 Å². The van der Waals surface area contributed by atoms with E-state index in [2.05, 4.69) is 19.1 Å². The lowest BCUT2D eigenvalue weighted by Crippen LogP contribution is -2.05. The van der Waals surface area contributed by atoms with Crippen molar-refractivity contribution in [2.75, 3.05) is 0 Å². The predicted octanol–water partition coefficient (Wildman–Crippen LogP) is 2.96. The summed E-state index contributed by atoms with van der Waals surface area (Å²) in [5, 5.41) is 0. The van der Waals surface area contributed by atoms with Crippen LogP contribution in [-0.2, 0) is 4.79 Å². The Hall–Kier alpha value is -0.590. The molecule has 2 atom stereocenters. The maximum absolute atomic E-state index is 10.4. The average Bonchev–Trinajstić information content (AvgIpc) is 2.50. The van der Waals surface area contributed by atoms with E-state index in [9.17, 15) is 4.79 Å². The Bertz CT molecular complexity index is 160.